The molecule has 4 saturated carbocycles. The molecule has 0 heterocycles. The van der Waals surface area contributed by atoms with Crippen LogP contribution in [0.3, 0.4) is 0 Å². The molecular formula is C30H48O7. The Morgan fingerprint density at radius 1 is 1.03 bits per heavy atom. The van der Waals surface area contributed by atoms with Gasteiger partial charge in [-0.25, -0.2) is 0 Å². The number of hydrogen-bond acceptors (Lipinski definition) is 6. The van der Waals surface area contributed by atoms with E-state index in [1.54, 1.807) is 6.92 Å². The first-order valence-corrected chi connectivity index (χ1v) is 14.3. The maximum atomic E-state index is 12.9. The summed E-state index contributed by atoms with van der Waals surface area (Å²) in [5, 5.41) is 66.8. The Hall–Kier alpha value is -0.990. The van der Waals surface area contributed by atoms with Gasteiger partial charge in [-0.05, 0) is 80.5 Å². The molecule has 13 atom stereocenters. The number of carbonyl (C=O) groups is 1. The van der Waals surface area contributed by atoms with E-state index in [0.29, 0.717) is 44.9 Å². The summed E-state index contributed by atoms with van der Waals surface area (Å²) in [4.78, 5) is 12.9. The molecule has 0 spiro atoms. The Morgan fingerprint density at radius 3 is 2.27 bits per heavy atom. The summed E-state index contributed by atoms with van der Waals surface area (Å²) in [6, 6.07) is 0. The van der Waals surface area contributed by atoms with E-state index in [2.05, 4.69) is 26.8 Å². The highest BCUT2D eigenvalue weighted by Crippen LogP contribution is 2.76. The quantitative estimate of drug-likeness (QED) is 0.308. The monoisotopic (exact) mass is 520 g/mol. The minimum absolute atomic E-state index is 0.0428. The lowest BCUT2D eigenvalue weighted by atomic mass is 9.32. The Labute approximate surface area is 221 Å². The molecule has 0 radical (unpaired) electrons. The van der Waals surface area contributed by atoms with Gasteiger partial charge in [-0.3, -0.25) is 4.79 Å². The normalized spacial score (nSPS) is 59.3. The summed E-state index contributed by atoms with van der Waals surface area (Å²) >= 11 is 0. The molecule has 0 aromatic carbocycles. The summed E-state index contributed by atoms with van der Waals surface area (Å²) in [5.74, 6) is -1.64. The van der Waals surface area contributed by atoms with Crippen molar-refractivity contribution in [1.82, 2.24) is 0 Å². The average Bonchev–Trinajstić information content (AvgIpc) is 2.82. The number of carboxylic acid groups (broad SMARTS) is 1. The van der Waals surface area contributed by atoms with Crippen molar-refractivity contribution in [3.8, 4) is 0 Å². The minimum Gasteiger partial charge on any atom is -0.481 e. The molecule has 5 aliphatic carbocycles. The number of aliphatic hydroxyl groups is 5. The number of aliphatic hydroxyl groups excluding tert-OH is 4. The number of hydrogen-bond donors (Lipinski definition) is 6. The van der Waals surface area contributed by atoms with Crippen LogP contribution >= 0.6 is 0 Å². The zero-order valence-corrected chi connectivity index (χ0v) is 23.4. The van der Waals surface area contributed by atoms with Gasteiger partial charge in [0, 0.05) is 16.7 Å². The predicted octanol–water partition coefficient (Wildman–Crippen LogP) is 3.12. The summed E-state index contributed by atoms with van der Waals surface area (Å²) in [6.45, 7) is 11.8. The van der Waals surface area contributed by atoms with Crippen molar-refractivity contribution in [2.75, 3.05) is 6.61 Å². The van der Waals surface area contributed by atoms with Gasteiger partial charge in [0.1, 0.15) is 0 Å². The Balaban J connectivity index is 1.68. The van der Waals surface area contributed by atoms with E-state index in [1.807, 2.05) is 13.8 Å². The van der Waals surface area contributed by atoms with Crippen molar-refractivity contribution in [3.05, 3.63) is 11.6 Å². The second-order valence-electron chi connectivity index (χ2n) is 14.8. The second kappa shape index (κ2) is 8.03. The third-order valence-electron chi connectivity index (χ3n) is 13.7. The molecular weight excluding hydrogens is 472 g/mol. The summed E-state index contributed by atoms with van der Waals surface area (Å²) in [5.41, 5.74) is -3.76. The second-order valence-corrected chi connectivity index (χ2v) is 14.8. The van der Waals surface area contributed by atoms with Crippen LogP contribution in [0.5, 0.6) is 0 Å². The smallest absolute Gasteiger partial charge is 0.310 e. The molecule has 37 heavy (non-hydrogen) atoms. The minimum atomic E-state index is -1.18. The van der Waals surface area contributed by atoms with Crippen LogP contribution in [0.25, 0.3) is 0 Å². The van der Waals surface area contributed by atoms with Gasteiger partial charge in [-0.2, -0.15) is 0 Å². The number of rotatable bonds is 2. The molecule has 0 saturated heterocycles. The van der Waals surface area contributed by atoms with Crippen LogP contribution in [0.1, 0.15) is 86.5 Å². The lowest BCUT2D eigenvalue weighted by molar-refractivity contribution is -0.274. The molecule has 0 aromatic heterocycles. The van der Waals surface area contributed by atoms with Crippen LogP contribution in [0.15, 0.2) is 11.6 Å². The van der Waals surface area contributed by atoms with Crippen molar-refractivity contribution in [1.29, 1.82) is 0 Å². The molecule has 5 aliphatic rings. The highest BCUT2D eigenvalue weighted by molar-refractivity contribution is 5.77. The van der Waals surface area contributed by atoms with Crippen LogP contribution in [-0.2, 0) is 4.79 Å². The van der Waals surface area contributed by atoms with Gasteiger partial charge in [-0.1, -0.05) is 46.3 Å². The van der Waals surface area contributed by atoms with Crippen LogP contribution in [-0.4, -0.2) is 67.1 Å². The zero-order valence-electron chi connectivity index (χ0n) is 23.4. The van der Waals surface area contributed by atoms with Crippen LogP contribution in [0.4, 0.5) is 0 Å². The maximum Gasteiger partial charge on any atom is 0.310 e. The first-order chi connectivity index (χ1) is 17.0. The first-order valence-electron chi connectivity index (χ1n) is 14.3. The molecule has 0 aromatic rings. The Bertz CT molecular complexity index is 1010. The van der Waals surface area contributed by atoms with Crippen molar-refractivity contribution < 1.29 is 35.4 Å². The van der Waals surface area contributed by atoms with E-state index < -0.39 is 62.9 Å². The molecule has 0 aliphatic heterocycles. The summed E-state index contributed by atoms with van der Waals surface area (Å²) < 4.78 is 0. The van der Waals surface area contributed by atoms with Crippen molar-refractivity contribution >= 4 is 5.97 Å². The number of aliphatic carboxylic acids is 1. The van der Waals surface area contributed by atoms with Crippen molar-refractivity contribution in [2.45, 2.75) is 110 Å². The molecule has 210 valence electrons. The van der Waals surface area contributed by atoms with Crippen LogP contribution in [0, 0.1) is 50.7 Å². The average molecular weight is 521 g/mol. The predicted molar refractivity (Wildman–Crippen MR) is 138 cm³/mol. The van der Waals surface area contributed by atoms with Crippen molar-refractivity contribution in [2.24, 2.45) is 50.7 Å². The number of fused-ring (bicyclic) bond motifs is 7. The van der Waals surface area contributed by atoms with Gasteiger partial charge in [0.2, 0.25) is 0 Å². The lowest BCUT2D eigenvalue weighted by Crippen LogP contribution is -2.72. The fourth-order valence-corrected chi connectivity index (χ4v) is 11.0. The number of allylic oxidation sites excluding steroid dienone is 1. The van der Waals surface area contributed by atoms with Crippen molar-refractivity contribution in [3.63, 3.8) is 0 Å². The molecule has 0 unspecified atom stereocenters. The van der Waals surface area contributed by atoms with E-state index in [0.717, 1.165) is 5.57 Å². The summed E-state index contributed by atoms with van der Waals surface area (Å²) in [7, 11) is 0. The van der Waals surface area contributed by atoms with Gasteiger partial charge in [-0.15, -0.1) is 0 Å². The Morgan fingerprint density at radius 2 is 1.68 bits per heavy atom. The largest absolute Gasteiger partial charge is 0.481 e. The first kappa shape index (κ1) is 27.6. The SMILES string of the molecule is C[C@@H]1CC[C@]2(C(=O)O)CC[C@]3(C)C(=CC[C@@H]4[C@@]5(C)C[C@@H](O)[C@H](O)[C@@](C)(CO)[C@@H]5C[C@@H](O)[C@]43C)[C@@H]2[C@]1(C)O. The lowest BCUT2D eigenvalue weighted by Gasteiger charge is -2.73. The molecule has 0 amide bonds. The molecule has 7 nitrogen and oxygen atoms in total. The third kappa shape index (κ3) is 3.04. The highest BCUT2D eigenvalue weighted by atomic mass is 16.4. The molecule has 0 bridgehead atoms. The van der Waals surface area contributed by atoms with E-state index >= 15 is 0 Å². The molecule has 6 N–H and O–H groups in total. The summed E-state index contributed by atoms with van der Waals surface area (Å²) in [6.07, 6.45) is 3.06. The van der Waals surface area contributed by atoms with Gasteiger partial charge >= 0.3 is 5.97 Å². The fraction of sp³-hybridized carbons (Fsp3) is 0.900. The highest BCUT2D eigenvalue weighted by Gasteiger charge is 2.74. The number of carboxylic acids is 1. The third-order valence-corrected chi connectivity index (χ3v) is 13.7. The fourth-order valence-electron chi connectivity index (χ4n) is 11.0. The van der Waals surface area contributed by atoms with E-state index in [1.165, 1.54) is 0 Å². The van der Waals surface area contributed by atoms with Gasteiger partial charge < -0.3 is 30.6 Å². The van der Waals surface area contributed by atoms with Crippen LogP contribution in [0.2, 0.25) is 0 Å². The standard InChI is InChI=1S/C30H48O7/c1-16-9-10-30(24(35)36)12-11-27(4)17(22(30)29(16,6)37)7-8-19-25(2)14-18(32)23(34)26(3,15-31)20(25)13-21(33)28(19,27)5/h7,16,18-23,31-34,37H,8-15H2,1-6H3,(H,35,36)/t16-,18-,19-,20-,21-,22-,23+,25-,26+,27-,28+,29-,30+/m1/s1. The van der Waals surface area contributed by atoms with E-state index in [-0.39, 0.29) is 24.4 Å². The van der Waals surface area contributed by atoms with E-state index in [4.69, 9.17) is 0 Å². The Kier molecular flexibility index (Phi) is 5.98. The zero-order chi connectivity index (χ0) is 27.6. The molecule has 7 heteroatoms. The van der Waals surface area contributed by atoms with Gasteiger partial charge in [0.15, 0.2) is 0 Å². The van der Waals surface area contributed by atoms with Gasteiger partial charge in [0.05, 0.1) is 35.9 Å². The molecule has 4 fully saturated rings. The van der Waals surface area contributed by atoms with E-state index in [9.17, 15) is 35.4 Å². The maximum absolute atomic E-state index is 12.9. The van der Waals surface area contributed by atoms with Gasteiger partial charge in [0.25, 0.3) is 0 Å². The molecule has 5 rings (SSSR count). The van der Waals surface area contributed by atoms with Crippen LogP contribution < -0.4 is 0 Å². The topological polar surface area (TPSA) is 138 Å².